The first-order valence-electron chi connectivity index (χ1n) is 27.4. The van der Waals surface area contributed by atoms with E-state index in [1.807, 2.05) is 0 Å². The largest absolute Gasteiger partial charge is 0.324 e. The molecule has 14 aromatic rings. The summed E-state index contributed by atoms with van der Waals surface area (Å²) in [6.45, 7) is 7.03. The predicted octanol–water partition coefficient (Wildman–Crippen LogP) is 17.8. The molecule has 2 aromatic heterocycles. The van der Waals surface area contributed by atoms with E-state index in [0.29, 0.717) is 40.0 Å². The minimum atomic E-state index is 0.531. The van der Waals surface area contributed by atoms with Gasteiger partial charge >= 0.3 is 0 Å². The number of aliphatic imine (C=N–C) groups is 3. The van der Waals surface area contributed by atoms with Gasteiger partial charge in [0.2, 0.25) is 0 Å². The summed E-state index contributed by atoms with van der Waals surface area (Å²) in [5, 5.41) is 12.4. The van der Waals surface area contributed by atoms with Crippen LogP contribution in [0.1, 0.15) is 29.2 Å². The molecule has 0 radical (unpaired) electrons. The monoisotopic (exact) mass is 1030 g/mol. The van der Waals surface area contributed by atoms with E-state index in [2.05, 4.69) is 260 Å². The smallest absolute Gasteiger partial charge is 0.165 e. The van der Waals surface area contributed by atoms with Crippen LogP contribution in [-0.2, 0) is 0 Å². The lowest BCUT2D eigenvalue weighted by molar-refractivity contribution is 1.14. The molecule has 12 aromatic carbocycles. The normalized spacial score (nSPS) is 14.5. The second kappa shape index (κ2) is 18.4. The van der Waals surface area contributed by atoms with Crippen molar-refractivity contribution >= 4 is 99.4 Å². The lowest BCUT2D eigenvalue weighted by Crippen LogP contribution is -2.14. The number of nitrogens with one attached hydrogen (secondary N) is 2. The molecule has 2 aliphatic heterocycles. The maximum absolute atomic E-state index is 5.78. The molecule has 7 nitrogen and oxygen atoms in total. The van der Waals surface area contributed by atoms with Crippen LogP contribution in [0.4, 0.5) is 11.6 Å². The molecule has 6 bridgehead atoms. The van der Waals surface area contributed by atoms with E-state index in [4.69, 9.17) is 31.5 Å². The fraction of sp³-hybridized carbons (Fsp3) is 0.0135. The number of benzene rings is 12. The van der Waals surface area contributed by atoms with Crippen LogP contribution in [0.25, 0.3) is 115 Å². The van der Waals surface area contributed by atoms with Gasteiger partial charge in [-0.2, -0.15) is 0 Å². The molecular weight excluding hydrogens is 987 g/mol. The topological polar surface area (TPSA) is 93.4 Å². The lowest BCUT2D eigenvalue weighted by atomic mass is 9.86. The van der Waals surface area contributed by atoms with Gasteiger partial charge in [0.15, 0.2) is 11.7 Å². The van der Waals surface area contributed by atoms with Crippen molar-refractivity contribution in [3.8, 4) is 44.5 Å². The second-order valence-electron chi connectivity index (χ2n) is 20.9. The van der Waals surface area contributed by atoms with Crippen LogP contribution in [0.2, 0.25) is 0 Å². The molecule has 81 heavy (non-hydrogen) atoms. The van der Waals surface area contributed by atoms with Gasteiger partial charge in [-0.25, -0.2) is 25.0 Å². The van der Waals surface area contributed by atoms with E-state index in [1.54, 1.807) is 0 Å². The van der Waals surface area contributed by atoms with Gasteiger partial charge in [-0.15, -0.1) is 0 Å². The zero-order valence-electron chi connectivity index (χ0n) is 44.0. The van der Waals surface area contributed by atoms with E-state index in [9.17, 15) is 0 Å². The van der Waals surface area contributed by atoms with Crippen LogP contribution in [0.3, 0.4) is 0 Å². The molecule has 0 unspecified atom stereocenters. The van der Waals surface area contributed by atoms with Crippen molar-refractivity contribution < 1.29 is 0 Å². The number of aromatic amines is 2. The summed E-state index contributed by atoms with van der Waals surface area (Å²) in [5.41, 5.74) is 14.5. The highest BCUT2D eigenvalue weighted by atomic mass is 15.1. The number of hydrogen-bond acceptors (Lipinski definition) is 5. The molecule has 0 fully saturated rings. The molecule has 2 aliphatic rings. The van der Waals surface area contributed by atoms with E-state index in [-0.39, 0.29) is 0 Å². The molecule has 16 rings (SSSR count). The molecule has 378 valence electrons. The molecule has 0 aliphatic carbocycles. The molecule has 7 heteroatoms. The predicted molar refractivity (Wildman–Crippen MR) is 337 cm³/mol. The molecule has 0 atom stereocenters. The van der Waals surface area contributed by atoms with Gasteiger partial charge in [0.1, 0.15) is 22.6 Å². The Kier molecular flexibility index (Phi) is 10.5. The zero-order chi connectivity index (χ0) is 53.7. The maximum Gasteiger partial charge on any atom is 0.165 e. The fourth-order valence-corrected chi connectivity index (χ4v) is 12.7. The fourth-order valence-electron chi connectivity index (χ4n) is 12.7. The van der Waals surface area contributed by atoms with E-state index in [1.165, 1.54) is 0 Å². The van der Waals surface area contributed by atoms with Crippen LogP contribution < -0.4 is 11.0 Å². The van der Waals surface area contributed by atoms with Crippen molar-refractivity contribution in [3.63, 3.8) is 0 Å². The molecule has 2 N–H and O–H groups in total. The molecule has 4 heterocycles. The summed E-state index contributed by atoms with van der Waals surface area (Å²) in [4.78, 5) is 36.3. The Bertz CT molecular complexity index is 5220. The summed E-state index contributed by atoms with van der Waals surface area (Å²) < 4.78 is 0. The molecule has 0 amide bonds. The summed E-state index contributed by atoms with van der Waals surface area (Å²) in [6, 6.07) is 85.7. The molecule has 0 spiro atoms. The minimum Gasteiger partial charge on any atom is -0.324 e. The second-order valence-corrected chi connectivity index (χ2v) is 20.9. The first-order chi connectivity index (χ1) is 40.0. The zero-order valence-corrected chi connectivity index (χ0v) is 44.0. The van der Waals surface area contributed by atoms with Crippen molar-refractivity contribution in [1.29, 1.82) is 0 Å². The third-order valence-electron chi connectivity index (χ3n) is 16.2. The van der Waals surface area contributed by atoms with Gasteiger partial charge in [0.05, 0.1) is 5.70 Å². The summed E-state index contributed by atoms with van der Waals surface area (Å²) in [6.07, 6.45) is 0. The highest BCUT2D eigenvalue weighted by Crippen LogP contribution is 2.48. The average molecular weight is 1030 g/mol. The van der Waals surface area contributed by atoms with Gasteiger partial charge in [-0.3, -0.25) is 0 Å². The van der Waals surface area contributed by atoms with Gasteiger partial charge < -0.3 is 9.97 Å². The quantitative estimate of drug-likeness (QED) is 0.176. The Balaban J connectivity index is 1.12. The first kappa shape index (κ1) is 46.2. The minimum absolute atomic E-state index is 0.531. The Labute approximate surface area is 465 Å². The number of amidine groups is 2. The molecular formula is C74H47N7. The van der Waals surface area contributed by atoms with Gasteiger partial charge in [0, 0.05) is 66.2 Å². The summed E-state index contributed by atoms with van der Waals surface area (Å²) >= 11 is 0. The number of nitrogens with zero attached hydrogens (tertiary/aromatic N) is 5. The Morgan fingerprint density at radius 3 is 1.27 bits per heavy atom. The van der Waals surface area contributed by atoms with Crippen LogP contribution in [0.15, 0.2) is 274 Å². The van der Waals surface area contributed by atoms with Crippen molar-refractivity contribution in [2.75, 3.05) is 0 Å². The van der Waals surface area contributed by atoms with E-state index < -0.39 is 0 Å². The van der Waals surface area contributed by atoms with Crippen LogP contribution in [0, 0.1) is 0 Å². The lowest BCUT2D eigenvalue weighted by Gasteiger charge is -2.19. The number of hydrogen-bond donors (Lipinski definition) is 2. The molecule has 0 saturated heterocycles. The van der Waals surface area contributed by atoms with Crippen LogP contribution in [0.5, 0.6) is 0 Å². The first-order valence-corrected chi connectivity index (χ1v) is 27.4. The average Bonchev–Trinajstić information content (AvgIpc) is 4.35. The highest BCUT2D eigenvalue weighted by molar-refractivity contribution is 6.30. The van der Waals surface area contributed by atoms with E-state index >= 15 is 0 Å². The van der Waals surface area contributed by atoms with Crippen molar-refractivity contribution in [2.24, 2.45) is 25.0 Å². The van der Waals surface area contributed by atoms with Crippen molar-refractivity contribution in [3.05, 3.63) is 282 Å². The summed E-state index contributed by atoms with van der Waals surface area (Å²) in [7, 11) is 0. The molecule has 0 saturated carbocycles. The Hall–Kier alpha value is -10.9. The third-order valence-corrected chi connectivity index (χ3v) is 16.2. The van der Waals surface area contributed by atoms with Gasteiger partial charge in [-0.05, 0) is 102 Å². The van der Waals surface area contributed by atoms with Crippen LogP contribution >= 0.6 is 0 Å². The number of fused-ring (bicyclic) bond motifs is 19. The van der Waals surface area contributed by atoms with Gasteiger partial charge in [0.25, 0.3) is 0 Å². The highest BCUT2D eigenvalue weighted by Gasteiger charge is 2.30. The Morgan fingerprint density at radius 2 is 0.728 bits per heavy atom. The maximum atomic E-state index is 5.78. The SMILES string of the molecule is C=C1N=c2[nH]c(c3cc4ccccc4c(-c4ccccc4)c23)=NC2=N/C(=N\c3[nH]c(c4cc5ccccc5c(-c5ccccc5)c34)/N=C(\C)c3c1cc1ccccc1c3-c1ccccc1)c1cc3ccccc3c(-c3ccccc3)c12. The van der Waals surface area contributed by atoms with Gasteiger partial charge in [-0.1, -0.05) is 225 Å². The Morgan fingerprint density at radius 1 is 0.296 bits per heavy atom. The van der Waals surface area contributed by atoms with Crippen LogP contribution in [-0.4, -0.2) is 27.4 Å². The van der Waals surface area contributed by atoms with E-state index in [0.717, 1.165) is 137 Å². The number of H-pyrrole nitrogens is 2. The van der Waals surface area contributed by atoms with Crippen molar-refractivity contribution in [2.45, 2.75) is 6.92 Å². The number of aromatic nitrogens is 2. The number of rotatable bonds is 4. The third kappa shape index (κ3) is 7.40. The summed E-state index contributed by atoms with van der Waals surface area (Å²) in [5.74, 6) is 2.37. The van der Waals surface area contributed by atoms with Crippen molar-refractivity contribution in [1.82, 2.24) is 9.97 Å². The standard InChI is InChI=1S/C74H47N7/c1-43-57-39-49-31-15-19-35-53(49)62(45-23-7-3-8-24-45)61(57)44(2)76-69-58-40-50-32-16-21-37-55(50)64(47-27-11-5-12-28-47)67(58)73(77-69)80-71-60-42-52-34-18-22-38-56(52)65(48-29-13-6-14-30-48)68(60)74(81-71)79-70-59-41-51-33-17-20-36-54(51)63(46-25-9-4-10-26-46)66(59)72(75-43)78-70/h3-42,77H,1H2,2H3,(H,75,78,79,80,81)/b76-44+.